The van der Waals surface area contributed by atoms with E-state index in [1.165, 1.54) is 0 Å². The second kappa shape index (κ2) is 5.61. The molecule has 0 aliphatic rings. The average Bonchev–Trinajstić information content (AvgIpc) is 2.36. The van der Waals surface area contributed by atoms with Gasteiger partial charge in [-0.3, -0.25) is 0 Å². The summed E-state index contributed by atoms with van der Waals surface area (Å²) in [7, 11) is -3.49. The monoisotopic (exact) mass is 307 g/mol. The Bertz CT molecular complexity index is 749. The lowest BCUT2D eigenvalue weighted by Crippen LogP contribution is -2.27. The van der Waals surface area contributed by atoms with Crippen LogP contribution in [-0.2, 0) is 10.0 Å². The van der Waals surface area contributed by atoms with Gasteiger partial charge in [-0.15, -0.1) is 0 Å². The molecular weight excluding hydrogens is 286 g/mol. The highest BCUT2D eigenvalue weighted by Gasteiger charge is 2.16. The van der Waals surface area contributed by atoms with Crippen molar-refractivity contribution in [1.82, 2.24) is 9.71 Å². The van der Waals surface area contributed by atoms with Gasteiger partial charge in [0, 0.05) is 11.9 Å². The molecule has 2 rings (SSSR count). The number of anilines is 1. The van der Waals surface area contributed by atoms with Crippen molar-refractivity contribution in [2.45, 2.75) is 32.1 Å². The minimum atomic E-state index is -3.49. The van der Waals surface area contributed by atoms with E-state index in [-0.39, 0.29) is 10.3 Å². The van der Waals surface area contributed by atoms with Crippen molar-refractivity contribution in [2.24, 2.45) is 5.41 Å². The Labute approximate surface area is 125 Å². The summed E-state index contributed by atoms with van der Waals surface area (Å²) < 4.78 is 27.2. The van der Waals surface area contributed by atoms with E-state index in [2.05, 4.69) is 30.5 Å². The predicted molar refractivity (Wildman–Crippen MR) is 85.4 cm³/mol. The van der Waals surface area contributed by atoms with E-state index < -0.39 is 10.0 Å². The van der Waals surface area contributed by atoms with Gasteiger partial charge in [-0.25, -0.2) is 18.1 Å². The summed E-state index contributed by atoms with van der Waals surface area (Å²) in [5.74, 6) is 0.418. The molecule has 1 aromatic carbocycles. The van der Waals surface area contributed by atoms with Crippen LogP contribution < -0.4 is 10.5 Å². The molecule has 21 heavy (non-hydrogen) atoms. The van der Waals surface area contributed by atoms with Crippen molar-refractivity contribution in [2.75, 3.05) is 12.3 Å². The van der Waals surface area contributed by atoms with Crippen molar-refractivity contribution in [3.8, 4) is 0 Å². The highest BCUT2D eigenvalue weighted by atomic mass is 32.2. The smallest absolute Gasteiger partial charge is 0.240 e. The van der Waals surface area contributed by atoms with Crippen LogP contribution in [0.3, 0.4) is 0 Å². The van der Waals surface area contributed by atoms with Crippen LogP contribution in [0.5, 0.6) is 0 Å². The quantitative estimate of drug-likeness (QED) is 0.909. The number of hydrogen-bond acceptors (Lipinski definition) is 4. The fourth-order valence-electron chi connectivity index (χ4n) is 1.93. The fraction of sp³-hybridized carbons (Fsp3) is 0.400. The van der Waals surface area contributed by atoms with E-state index in [9.17, 15) is 8.42 Å². The second-order valence-corrected chi connectivity index (χ2v) is 8.07. The maximum Gasteiger partial charge on any atom is 0.240 e. The number of fused-ring (bicyclic) bond motifs is 1. The zero-order chi connectivity index (χ0) is 15.7. The standard InChI is InChI=1S/C15H21N3O2S/c1-15(2,3)8-9-17-21(19,20)12-5-6-13-11(10-12)4-7-14(16)18-13/h4-7,10,17H,8-9H2,1-3H3,(H2,16,18). The third-order valence-electron chi connectivity index (χ3n) is 3.16. The van der Waals surface area contributed by atoms with Gasteiger partial charge in [0.15, 0.2) is 0 Å². The highest BCUT2D eigenvalue weighted by Crippen LogP contribution is 2.20. The molecule has 0 atom stereocenters. The van der Waals surface area contributed by atoms with Crippen LogP contribution in [0.2, 0.25) is 0 Å². The second-order valence-electron chi connectivity index (χ2n) is 6.30. The minimum Gasteiger partial charge on any atom is -0.384 e. The maximum absolute atomic E-state index is 12.3. The van der Waals surface area contributed by atoms with E-state index in [0.717, 1.165) is 11.8 Å². The van der Waals surface area contributed by atoms with E-state index in [1.807, 2.05) is 0 Å². The van der Waals surface area contributed by atoms with Crippen LogP contribution in [-0.4, -0.2) is 19.9 Å². The molecule has 0 aliphatic carbocycles. The Balaban J connectivity index is 2.22. The van der Waals surface area contributed by atoms with Gasteiger partial charge in [0.05, 0.1) is 10.4 Å². The maximum atomic E-state index is 12.3. The molecule has 0 radical (unpaired) electrons. The van der Waals surface area contributed by atoms with Gasteiger partial charge in [-0.1, -0.05) is 20.8 Å². The van der Waals surface area contributed by atoms with Gasteiger partial charge in [0.1, 0.15) is 5.82 Å². The van der Waals surface area contributed by atoms with Crippen LogP contribution in [0.15, 0.2) is 35.2 Å². The number of hydrogen-bond donors (Lipinski definition) is 2. The van der Waals surface area contributed by atoms with Crippen molar-refractivity contribution < 1.29 is 8.42 Å². The third kappa shape index (κ3) is 4.15. The molecule has 0 bridgehead atoms. The van der Waals surface area contributed by atoms with Crippen LogP contribution in [0.1, 0.15) is 27.2 Å². The summed E-state index contributed by atoms with van der Waals surface area (Å²) in [6.45, 7) is 6.65. The van der Waals surface area contributed by atoms with Crippen LogP contribution >= 0.6 is 0 Å². The van der Waals surface area contributed by atoms with Crippen molar-refractivity contribution in [3.05, 3.63) is 30.3 Å². The SMILES string of the molecule is CC(C)(C)CCNS(=O)(=O)c1ccc2nc(N)ccc2c1. The Morgan fingerprint density at radius 1 is 1.19 bits per heavy atom. The first-order chi connectivity index (χ1) is 9.67. The molecule has 5 nitrogen and oxygen atoms in total. The molecule has 1 heterocycles. The van der Waals surface area contributed by atoms with Crippen molar-refractivity contribution >= 4 is 26.7 Å². The van der Waals surface area contributed by atoms with Crippen molar-refractivity contribution in [3.63, 3.8) is 0 Å². The van der Waals surface area contributed by atoms with Crippen LogP contribution in [0.4, 0.5) is 5.82 Å². The topological polar surface area (TPSA) is 85.1 Å². The number of pyridine rings is 1. The van der Waals surface area contributed by atoms with Crippen LogP contribution in [0, 0.1) is 5.41 Å². The Morgan fingerprint density at radius 3 is 2.57 bits per heavy atom. The predicted octanol–water partition coefficient (Wildman–Crippen LogP) is 2.53. The summed E-state index contributed by atoms with van der Waals surface area (Å²) >= 11 is 0. The molecular formula is C15H21N3O2S. The summed E-state index contributed by atoms with van der Waals surface area (Å²) in [4.78, 5) is 4.40. The molecule has 0 saturated heterocycles. The Hall–Kier alpha value is -1.66. The first-order valence-electron chi connectivity index (χ1n) is 6.83. The minimum absolute atomic E-state index is 0.0906. The summed E-state index contributed by atoms with van der Waals surface area (Å²) in [6.07, 6.45) is 0.776. The van der Waals surface area contributed by atoms with Gasteiger partial charge in [-0.05, 0) is 42.2 Å². The molecule has 6 heteroatoms. The summed E-state index contributed by atoms with van der Waals surface area (Å²) in [5, 5.41) is 0.753. The zero-order valence-electron chi connectivity index (χ0n) is 12.6. The molecule has 3 N–H and O–H groups in total. The Kier molecular flexibility index (Phi) is 4.20. The lowest BCUT2D eigenvalue weighted by molar-refractivity contribution is 0.378. The first kappa shape index (κ1) is 15.7. The molecule has 0 amide bonds. The Morgan fingerprint density at radius 2 is 1.90 bits per heavy atom. The number of benzene rings is 1. The van der Waals surface area contributed by atoms with Gasteiger partial charge in [-0.2, -0.15) is 0 Å². The van der Waals surface area contributed by atoms with Gasteiger partial charge < -0.3 is 5.73 Å². The lowest BCUT2D eigenvalue weighted by Gasteiger charge is -2.18. The largest absolute Gasteiger partial charge is 0.384 e. The molecule has 2 aromatic rings. The third-order valence-corrected chi connectivity index (χ3v) is 4.62. The number of sulfonamides is 1. The van der Waals surface area contributed by atoms with E-state index in [0.29, 0.717) is 17.9 Å². The molecule has 0 aliphatic heterocycles. The van der Waals surface area contributed by atoms with Crippen molar-refractivity contribution in [1.29, 1.82) is 0 Å². The van der Waals surface area contributed by atoms with E-state index in [1.54, 1.807) is 30.3 Å². The number of nitrogens with one attached hydrogen (secondary N) is 1. The fourth-order valence-corrected chi connectivity index (χ4v) is 3.00. The average molecular weight is 307 g/mol. The van der Waals surface area contributed by atoms with Gasteiger partial charge in [0.2, 0.25) is 10.0 Å². The highest BCUT2D eigenvalue weighted by molar-refractivity contribution is 7.89. The number of aromatic nitrogens is 1. The number of rotatable bonds is 4. The zero-order valence-corrected chi connectivity index (χ0v) is 13.4. The molecule has 0 spiro atoms. The van der Waals surface area contributed by atoms with Gasteiger partial charge >= 0.3 is 0 Å². The normalized spacial score (nSPS) is 12.7. The van der Waals surface area contributed by atoms with E-state index >= 15 is 0 Å². The van der Waals surface area contributed by atoms with Crippen LogP contribution in [0.25, 0.3) is 10.9 Å². The lowest BCUT2D eigenvalue weighted by atomic mass is 9.93. The summed E-state index contributed by atoms with van der Waals surface area (Å²) in [5.41, 5.74) is 6.39. The molecule has 0 saturated carbocycles. The summed E-state index contributed by atoms with van der Waals surface area (Å²) in [6, 6.07) is 8.26. The molecule has 0 fully saturated rings. The number of nitrogens with two attached hydrogens (primary N) is 1. The van der Waals surface area contributed by atoms with E-state index in [4.69, 9.17) is 5.73 Å². The molecule has 1 aromatic heterocycles. The first-order valence-corrected chi connectivity index (χ1v) is 8.32. The van der Waals surface area contributed by atoms with Gasteiger partial charge in [0.25, 0.3) is 0 Å². The molecule has 114 valence electrons. The number of nitrogen functional groups attached to an aromatic ring is 1. The number of nitrogens with zero attached hydrogens (tertiary/aromatic N) is 1. The molecule has 0 unspecified atom stereocenters.